The highest BCUT2D eigenvalue weighted by atomic mass is 79.9. The lowest BCUT2D eigenvalue weighted by Gasteiger charge is -2.13. The Labute approximate surface area is 154 Å². The molecule has 24 heavy (non-hydrogen) atoms. The molecule has 0 aliphatic carbocycles. The van der Waals surface area contributed by atoms with E-state index in [4.69, 9.17) is 4.74 Å². The van der Waals surface area contributed by atoms with Crippen molar-refractivity contribution in [2.75, 3.05) is 19.0 Å². The summed E-state index contributed by atoms with van der Waals surface area (Å²) < 4.78 is 7.87. The number of aryl methyl sites for hydroxylation is 2. The molecule has 8 heteroatoms. The minimum absolute atomic E-state index is 0.0732. The van der Waals surface area contributed by atoms with E-state index in [9.17, 15) is 4.79 Å². The molecule has 0 saturated carbocycles. The number of methoxy groups -OCH3 is 1. The number of rotatable bonds is 8. The van der Waals surface area contributed by atoms with E-state index in [1.165, 1.54) is 11.8 Å². The summed E-state index contributed by atoms with van der Waals surface area (Å²) >= 11 is 4.86. The molecule has 0 radical (unpaired) electrons. The van der Waals surface area contributed by atoms with Gasteiger partial charge in [-0.15, -0.1) is 10.2 Å². The van der Waals surface area contributed by atoms with Crippen molar-refractivity contribution < 1.29 is 9.53 Å². The van der Waals surface area contributed by atoms with Crippen LogP contribution in [0.3, 0.4) is 0 Å². The summed E-state index contributed by atoms with van der Waals surface area (Å²) in [5.74, 6) is -0.0732. The van der Waals surface area contributed by atoms with Crippen LogP contribution in [0.1, 0.15) is 18.9 Å². The first-order valence-electron chi connectivity index (χ1n) is 7.61. The van der Waals surface area contributed by atoms with E-state index in [-0.39, 0.29) is 11.2 Å². The smallest absolute Gasteiger partial charge is 0.237 e. The summed E-state index contributed by atoms with van der Waals surface area (Å²) in [6, 6.07) is 5.83. The van der Waals surface area contributed by atoms with Crippen molar-refractivity contribution in [2.45, 2.75) is 37.2 Å². The lowest BCUT2D eigenvalue weighted by molar-refractivity contribution is -0.115. The van der Waals surface area contributed by atoms with Crippen LogP contribution in [0.4, 0.5) is 5.69 Å². The standard InChI is InChI=1S/C16H21BrN4O2S/c1-11-5-6-14(13(17)9-11)19-15(22)12(2)24-16-20-18-10-21(16)7-4-8-23-3/h5-6,9-10,12H,4,7-8H2,1-3H3,(H,19,22). The molecule has 1 atom stereocenters. The average Bonchev–Trinajstić information content (AvgIpc) is 2.97. The van der Waals surface area contributed by atoms with Crippen molar-refractivity contribution in [3.8, 4) is 0 Å². The molecular formula is C16H21BrN4O2S. The first-order valence-corrected chi connectivity index (χ1v) is 9.29. The van der Waals surface area contributed by atoms with E-state index in [1.807, 2.05) is 36.6 Å². The molecular weight excluding hydrogens is 392 g/mol. The van der Waals surface area contributed by atoms with Crippen LogP contribution in [0.25, 0.3) is 0 Å². The fourth-order valence-corrected chi connectivity index (χ4v) is 3.48. The minimum atomic E-state index is -0.288. The molecule has 130 valence electrons. The molecule has 0 fully saturated rings. The lowest BCUT2D eigenvalue weighted by atomic mass is 10.2. The van der Waals surface area contributed by atoms with Crippen molar-refractivity contribution in [1.29, 1.82) is 0 Å². The number of carbonyl (C=O) groups excluding carboxylic acids is 1. The molecule has 1 heterocycles. The maximum Gasteiger partial charge on any atom is 0.237 e. The molecule has 1 amide bonds. The molecule has 0 saturated heterocycles. The summed E-state index contributed by atoms with van der Waals surface area (Å²) in [5, 5.41) is 11.4. The van der Waals surface area contributed by atoms with Gasteiger partial charge in [0.25, 0.3) is 0 Å². The lowest BCUT2D eigenvalue weighted by Crippen LogP contribution is -2.23. The Bertz CT molecular complexity index is 692. The number of nitrogens with one attached hydrogen (secondary N) is 1. The quantitative estimate of drug-likeness (QED) is 0.530. The van der Waals surface area contributed by atoms with Crippen LogP contribution in [-0.2, 0) is 16.1 Å². The molecule has 2 rings (SSSR count). The van der Waals surface area contributed by atoms with Crippen LogP contribution in [0.2, 0.25) is 0 Å². The van der Waals surface area contributed by atoms with Gasteiger partial charge in [0.05, 0.1) is 10.9 Å². The van der Waals surface area contributed by atoms with Crippen LogP contribution in [-0.4, -0.2) is 39.6 Å². The Morgan fingerprint density at radius 3 is 3.00 bits per heavy atom. The van der Waals surface area contributed by atoms with Gasteiger partial charge in [0.1, 0.15) is 6.33 Å². The van der Waals surface area contributed by atoms with Crippen molar-refractivity contribution >= 4 is 39.3 Å². The second kappa shape index (κ2) is 9.19. The van der Waals surface area contributed by atoms with Gasteiger partial charge < -0.3 is 14.6 Å². The molecule has 0 bridgehead atoms. The van der Waals surface area contributed by atoms with Gasteiger partial charge in [-0.05, 0) is 53.9 Å². The number of halogens is 1. The number of thioether (sulfide) groups is 1. The molecule has 0 spiro atoms. The monoisotopic (exact) mass is 412 g/mol. The number of amides is 1. The molecule has 6 nitrogen and oxygen atoms in total. The third kappa shape index (κ3) is 5.32. The number of anilines is 1. The Kier molecular flexibility index (Phi) is 7.26. The van der Waals surface area contributed by atoms with Crippen molar-refractivity contribution in [3.05, 3.63) is 34.6 Å². The summed E-state index contributed by atoms with van der Waals surface area (Å²) in [4.78, 5) is 12.4. The maximum atomic E-state index is 12.4. The van der Waals surface area contributed by atoms with Gasteiger partial charge in [-0.2, -0.15) is 0 Å². The molecule has 1 unspecified atom stereocenters. The third-order valence-electron chi connectivity index (χ3n) is 3.36. The molecule has 0 aliphatic rings. The zero-order valence-corrected chi connectivity index (χ0v) is 16.4. The van der Waals surface area contributed by atoms with Gasteiger partial charge in [0.2, 0.25) is 5.91 Å². The molecule has 1 aromatic heterocycles. The number of benzene rings is 1. The number of carbonyl (C=O) groups is 1. The predicted octanol–water partition coefficient (Wildman–Crippen LogP) is 3.50. The Balaban J connectivity index is 1.95. The summed E-state index contributed by atoms with van der Waals surface area (Å²) in [6.07, 6.45) is 2.55. The molecule has 2 aromatic rings. The topological polar surface area (TPSA) is 69.0 Å². The summed E-state index contributed by atoms with van der Waals surface area (Å²) in [7, 11) is 1.68. The summed E-state index contributed by atoms with van der Waals surface area (Å²) in [6.45, 7) is 5.31. The van der Waals surface area contributed by atoms with Crippen LogP contribution < -0.4 is 5.32 Å². The number of hydrogen-bond donors (Lipinski definition) is 1. The zero-order chi connectivity index (χ0) is 17.5. The molecule has 1 aromatic carbocycles. The number of hydrogen-bond acceptors (Lipinski definition) is 5. The second-order valence-corrected chi connectivity index (χ2v) is 7.55. The van der Waals surface area contributed by atoms with E-state index < -0.39 is 0 Å². The van der Waals surface area contributed by atoms with Crippen LogP contribution >= 0.6 is 27.7 Å². The third-order valence-corrected chi connectivity index (χ3v) is 5.11. The van der Waals surface area contributed by atoms with Gasteiger partial charge in [-0.1, -0.05) is 17.8 Å². The van der Waals surface area contributed by atoms with Gasteiger partial charge in [0.15, 0.2) is 5.16 Å². The van der Waals surface area contributed by atoms with Crippen molar-refractivity contribution in [2.24, 2.45) is 0 Å². The molecule has 0 aliphatic heterocycles. The highest BCUT2D eigenvalue weighted by molar-refractivity contribution is 9.10. The fourth-order valence-electron chi connectivity index (χ4n) is 2.04. The summed E-state index contributed by atoms with van der Waals surface area (Å²) in [5.41, 5.74) is 1.89. The normalized spacial score (nSPS) is 12.2. The van der Waals surface area contributed by atoms with Crippen LogP contribution in [0.5, 0.6) is 0 Å². The predicted molar refractivity (Wildman–Crippen MR) is 99.3 cm³/mol. The largest absolute Gasteiger partial charge is 0.385 e. The Morgan fingerprint density at radius 2 is 2.29 bits per heavy atom. The zero-order valence-electron chi connectivity index (χ0n) is 14.0. The first kappa shape index (κ1) is 19.0. The molecule has 1 N–H and O–H groups in total. The highest BCUT2D eigenvalue weighted by Crippen LogP contribution is 2.26. The van der Waals surface area contributed by atoms with E-state index >= 15 is 0 Å². The Morgan fingerprint density at radius 1 is 1.50 bits per heavy atom. The fraction of sp³-hybridized carbons (Fsp3) is 0.438. The number of nitrogens with zero attached hydrogens (tertiary/aromatic N) is 3. The average molecular weight is 413 g/mol. The first-order chi connectivity index (χ1) is 11.5. The second-order valence-electron chi connectivity index (χ2n) is 5.39. The van der Waals surface area contributed by atoms with Gasteiger partial charge in [-0.25, -0.2) is 0 Å². The van der Waals surface area contributed by atoms with E-state index in [1.54, 1.807) is 13.4 Å². The number of ether oxygens (including phenoxy) is 1. The minimum Gasteiger partial charge on any atom is -0.385 e. The van der Waals surface area contributed by atoms with Crippen LogP contribution in [0.15, 0.2) is 34.2 Å². The van der Waals surface area contributed by atoms with Crippen molar-refractivity contribution in [3.63, 3.8) is 0 Å². The van der Waals surface area contributed by atoms with Gasteiger partial charge in [0, 0.05) is 24.7 Å². The number of aromatic nitrogens is 3. The van der Waals surface area contributed by atoms with E-state index in [2.05, 4.69) is 31.4 Å². The SMILES string of the molecule is COCCCn1cnnc1SC(C)C(=O)Nc1ccc(C)cc1Br. The van der Waals surface area contributed by atoms with Gasteiger partial charge >= 0.3 is 0 Å². The van der Waals surface area contributed by atoms with Gasteiger partial charge in [-0.3, -0.25) is 4.79 Å². The van der Waals surface area contributed by atoms with E-state index in [0.29, 0.717) is 6.61 Å². The maximum absolute atomic E-state index is 12.4. The highest BCUT2D eigenvalue weighted by Gasteiger charge is 2.18. The van der Waals surface area contributed by atoms with Crippen molar-refractivity contribution in [1.82, 2.24) is 14.8 Å². The van der Waals surface area contributed by atoms with Crippen LogP contribution in [0, 0.1) is 6.92 Å². The van der Waals surface area contributed by atoms with E-state index in [0.717, 1.165) is 33.8 Å². The Hall–Kier alpha value is -1.38.